The van der Waals surface area contributed by atoms with E-state index in [1.54, 1.807) is 36.0 Å². The first kappa shape index (κ1) is 27.5. The summed E-state index contributed by atoms with van der Waals surface area (Å²) in [4.78, 5) is 34.3. The minimum absolute atomic E-state index is 0.191. The number of ether oxygens (including phenoxy) is 1. The lowest BCUT2D eigenvalue weighted by atomic mass is 9.86. The van der Waals surface area contributed by atoms with Crippen LogP contribution in [0.15, 0.2) is 60.5 Å². The second kappa shape index (κ2) is 11.7. The zero-order valence-corrected chi connectivity index (χ0v) is 23.5. The van der Waals surface area contributed by atoms with E-state index in [9.17, 15) is 9.65 Å². The fourth-order valence-electron chi connectivity index (χ4n) is 6.07. The van der Waals surface area contributed by atoms with Crippen LogP contribution in [-0.2, 0) is 9.59 Å². The highest BCUT2D eigenvalue weighted by molar-refractivity contribution is 7.13. The number of nitrogens with zero attached hydrogens (tertiary/aromatic N) is 6. The van der Waals surface area contributed by atoms with Gasteiger partial charge in [-0.25, -0.2) is 19.3 Å². The zero-order chi connectivity index (χ0) is 29.1. The van der Waals surface area contributed by atoms with Crippen LogP contribution in [0.2, 0.25) is 0 Å². The fourth-order valence-corrected chi connectivity index (χ4v) is 6.74. The van der Waals surface area contributed by atoms with E-state index in [0.717, 1.165) is 73.9 Å². The Hall–Kier alpha value is -4.65. The van der Waals surface area contributed by atoms with E-state index in [4.69, 9.17) is 14.3 Å². The Labute approximate surface area is 246 Å². The van der Waals surface area contributed by atoms with E-state index in [0.29, 0.717) is 28.5 Å². The Kier molecular flexibility index (Phi) is 7.66. The van der Waals surface area contributed by atoms with Crippen LogP contribution in [0.1, 0.15) is 42.7 Å². The lowest BCUT2D eigenvalue weighted by Gasteiger charge is -2.26. The molecule has 3 fully saturated rings. The van der Waals surface area contributed by atoms with Crippen LogP contribution in [0.25, 0.3) is 11.1 Å². The van der Waals surface area contributed by atoms with Crippen LogP contribution in [0, 0.1) is 22.6 Å². The number of halogens is 1. The first-order chi connectivity index (χ1) is 20.5. The van der Waals surface area contributed by atoms with E-state index in [2.05, 4.69) is 30.8 Å². The highest BCUT2D eigenvalue weighted by Gasteiger charge is 2.45. The van der Waals surface area contributed by atoms with Gasteiger partial charge in [0.1, 0.15) is 17.9 Å². The molecule has 0 N–H and O–H groups in total. The molecule has 2 aromatic carbocycles. The average molecular weight is 583 g/mol. The van der Waals surface area contributed by atoms with Crippen molar-refractivity contribution < 1.29 is 18.7 Å². The number of thiazole rings is 1. The van der Waals surface area contributed by atoms with Gasteiger partial charge in [-0.3, -0.25) is 0 Å². The van der Waals surface area contributed by atoms with E-state index in [1.807, 2.05) is 23.7 Å². The van der Waals surface area contributed by atoms with Crippen molar-refractivity contribution in [3.63, 3.8) is 0 Å². The maximum atomic E-state index is 14.5. The van der Waals surface area contributed by atoms with Crippen molar-refractivity contribution in [2.75, 3.05) is 36.0 Å². The summed E-state index contributed by atoms with van der Waals surface area (Å²) < 4.78 is 21.0. The van der Waals surface area contributed by atoms with Crippen molar-refractivity contribution in [3.05, 3.63) is 77.4 Å². The SMILES string of the molecule is N#Cc1ccc(-c2cc(F)ccc2Oc2cncnc2N2CCC3(CCN(c4nccs4)C3)C2)c(C2CC2)c1.O=C=O. The molecule has 7 rings (SSSR count). The Morgan fingerprint density at radius 3 is 2.52 bits per heavy atom. The third-order valence-electron chi connectivity index (χ3n) is 8.17. The number of nitriles is 1. The number of benzene rings is 2. The number of rotatable bonds is 6. The van der Waals surface area contributed by atoms with Gasteiger partial charge in [0.15, 0.2) is 16.7 Å². The van der Waals surface area contributed by atoms with Crippen LogP contribution in [-0.4, -0.2) is 47.3 Å². The average Bonchev–Trinajstić information content (AvgIpc) is 3.36. The lowest BCUT2D eigenvalue weighted by Crippen LogP contribution is -2.31. The van der Waals surface area contributed by atoms with Gasteiger partial charge in [0.05, 0.1) is 17.8 Å². The Morgan fingerprint density at radius 2 is 1.79 bits per heavy atom. The number of anilines is 2. The van der Waals surface area contributed by atoms with Crippen LogP contribution in [0.5, 0.6) is 11.5 Å². The third-order valence-corrected chi connectivity index (χ3v) is 9.01. The summed E-state index contributed by atoms with van der Waals surface area (Å²) >= 11 is 1.69. The van der Waals surface area contributed by atoms with Gasteiger partial charge < -0.3 is 14.5 Å². The number of aromatic nitrogens is 3. The molecule has 3 aliphatic rings. The van der Waals surface area contributed by atoms with Crippen molar-refractivity contribution in [2.45, 2.75) is 31.6 Å². The molecule has 4 heterocycles. The maximum absolute atomic E-state index is 14.5. The van der Waals surface area contributed by atoms with E-state index in [-0.39, 0.29) is 17.4 Å². The quantitative estimate of drug-likeness (QED) is 0.278. The normalized spacial score (nSPS) is 19.2. The minimum Gasteiger partial charge on any atom is -0.451 e. The molecule has 0 bridgehead atoms. The molecular weight excluding hydrogens is 555 g/mol. The van der Waals surface area contributed by atoms with Crippen molar-refractivity contribution in [2.24, 2.45) is 5.41 Å². The van der Waals surface area contributed by atoms with Crippen molar-refractivity contribution in [1.82, 2.24) is 15.0 Å². The molecule has 0 radical (unpaired) electrons. The molecule has 0 amide bonds. The van der Waals surface area contributed by atoms with Gasteiger partial charge in [0.25, 0.3) is 0 Å². The summed E-state index contributed by atoms with van der Waals surface area (Å²) in [7, 11) is 0. The van der Waals surface area contributed by atoms with Crippen LogP contribution >= 0.6 is 11.3 Å². The van der Waals surface area contributed by atoms with Crippen molar-refractivity contribution >= 4 is 28.4 Å². The summed E-state index contributed by atoms with van der Waals surface area (Å²) in [6.45, 7) is 3.78. The summed E-state index contributed by atoms with van der Waals surface area (Å²) in [6, 6.07) is 12.5. The molecule has 2 aliphatic heterocycles. The lowest BCUT2D eigenvalue weighted by molar-refractivity contribution is -0.191. The molecule has 1 unspecified atom stereocenters. The van der Waals surface area contributed by atoms with Crippen molar-refractivity contribution in [1.29, 1.82) is 5.26 Å². The predicted octanol–water partition coefficient (Wildman–Crippen LogP) is 5.80. The number of hydrogen-bond donors (Lipinski definition) is 0. The topological polar surface area (TPSA) is 112 Å². The molecule has 4 aromatic rings. The largest absolute Gasteiger partial charge is 0.451 e. The molecule has 1 spiro atoms. The van der Waals surface area contributed by atoms with E-state index >= 15 is 0 Å². The highest BCUT2D eigenvalue weighted by Crippen LogP contribution is 2.48. The monoisotopic (exact) mass is 582 g/mol. The smallest absolute Gasteiger partial charge is 0.373 e. The summed E-state index contributed by atoms with van der Waals surface area (Å²) in [6.07, 6.45) is 9.71. The first-order valence-corrected chi connectivity index (χ1v) is 14.6. The van der Waals surface area contributed by atoms with Gasteiger partial charge in [-0.2, -0.15) is 14.9 Å². The molecule has 1 atom stereocenters. The summed E-state index contributed by atoms with van der Waals surface area (Å²) in [5.74, 6) is 1.91. The zero-order valence-electron chi connectivity index (χ0n) is 22.7. The molecule has 212 valence electrons. The predicted molar refractivity (Wildman–Crippen MR) is 154 cm³/mol. The third kappa shape index (κ3) is 5.59. The van der Waals surface area contributed by atoms with E-state index < -0.39 is 0 Å². The Morgan fingerprint density at radius 1 is 1.00 bits per heavy atom. The highest BCUT2D eigenvalue weighted by atomic mass is 32.1. The molecule has 2 aromatic heterocycles. The number of carbonyl (C=O) groups excluding carboxylic acids is 2. The summed E-state index contributed by atoms with van der Waals surface area (Å²) in [5.41, 5.74) is 3.45. The second-order valence-corrected chi connectivity index (χ2v) is 11.8. The molecule has 1 saturated carbocycles. The van der Waals surface area contributed by atoms with Gasteiger partial charge in [0, 0.05) is 48.7 Å². The van der Waals surface area contributed by atoms with Gasteiger partial charge in [0.2, 0.25) is 0 Å². The molecule has 9 nitrogen and oxygen atoms in total. The van der Waals surface area contributed by atoms with E-state index in [1.165, 1.54) is 12.1 Å². The van der Waals surface area contributed by atoms with Gasteiger partial charge in [-0.05, 0) is 73.1 Å². The standard InChI is InChI=1S/C30H27FN6OS.CO2/c31-22-4-6-26(25(14-22)23-5-1-20(15-32)13-24(23)21-2-3-21)38-27-16-33-19-35-28(27)36-10-7-30(17-36)8-11-37(18-30)29-34-9-12-39-29;2-1-3/h1,4-6,9,12-14,16,19,21H,2-3,7-8,10-11,17-18H2;. The van der Waals surface area contributed by atoms with Gasteiger partial charge in [-0.15, -0.1) is 11.3 Å². The van der Waals surface area contributed by atoms with Crippen LogP contribution in [0.3, 0.4) is 0 Å². The molecule has 1 aliphatic carbocycles. The van der Waals surface area contributed by atoms with Gasteiger partial charge in [-0.1, -0.05) is 6.07 Å². The second-order valence-electron chi connectivity index (χ2n) is 10.9. The van der Waals surface area contributed by atoms with Crippen LogP contribution < -0.4 is 14.5 Å². The fraction of sp³-hybridized carbons (Fsp3) is 0.323. The van der Waals surface area contributed by atoms with Gasteiger partial charge >= 0.3 is 6.15 Å². The Balaban J connectivity index is 0.00000101. The maximum Gasteiger partial charge on any atom is 0.373 e. The first-order valence-electron chi connectivity index (χ1n) is 13.7. The molecular formula is C31H27FN6O3S. The Bertz CT molecular complexity index is 1670. The minimum atomic E-state index is -0.333. The summed E-state index contributed by atoms with van der Waals surface area (Å²) in [5, 5.41) is 12.6. The van der Waals surface area contributed by atoms with Crippen molar-refractivity contribution in [3.8, 4) is 28.7 Å². The number of hydrogen-bond acceptors (Lipinski definition) is 10. The molecule has 11 heteroatoms. The molecule has 2 saturated heterocycles. The molecule has 42 heavy (non-hydrogen) atoms. The van der Waals surface area contributed by atoms with Crippen LogP contribution in [0.4, 0.5) is 15.3 Å².